The zero-order valence-corrected chi connectivity index (χ0v) is 18.2. The van der Waals surface area contributed by atoms with Crippen molar-refractivity contribution in [1.29, 1.82) is 0 Å². The Labute approximate surface area is 187 Å². The Morgan fingerprint density at radius 2 is 1.48 bits per heavy atom. The highest BCUT2D eigenvalue weighted by atomic mass is 35.5. The molecule has 0 atom stereocenters. The predicted molar refractivity (Wildman–Crippen MR) is 121 cm³/mol. The Hall–Kier alpha value is -2.86. The molecule has 1 aliphatic carbocycles. The number of rotatable bonds is 5. The summed E-state index contributed by atoms with van der Waals surface area (Å²) >= 11 is 5.89. The maximum absolute atomic E-state index is 12.8. The molecule has 3 amide bonds. The fraction of sp³-hybridized carbons (Fsp3) is 0.375. The maximum atomic E-state index is 12.8. The van der Waals surface area contributed by atoms with Gasteiger partial charge in [0, 0.05) is 46.9 Å². The lowest BCUT2D eigenvalue weighted by Gasteiger charge is -2.31. The summed E-state index contributed by atoms with van der Waals surface area (Å²) < 4.78 is 0. The van der Waals surface area contributed by atoms with Crippen molar-refractivity contribution in [3.63, 3.8) is 0 Å². The minimum Gasteiger partial charge on any atom is -0.339 e. The molecule has 2 N–H and O–H groups in total. The van der Waals surface area contributed by atoms with Crippen LogP contribution in [-0.2, 0) is 9.59 Å². The van der Waals surface area contributed by atoms with Crippen molar-refractivity contribution in [1.82, 2.24) is 4.90 Å². The molecule has 7 heteroatoms. The van der Waals surface area contributed by atoms with Gasteiger partial charge in [0.1, 0.15) is 0 Å². The molecule has 0 radical (unpaired) electrons. The largest absolute Gasteiger partial charge is 0.339 e. The van der Waals surface area contributed by atoms with Crippen LogP contribution in [0.5, 0.6) is 0 Å². The smallest absolute Gasteiger partial charge is 0.253 e. The number of hydrogen-bond acceptors (Lipinski definition) is 3. The number of nitrogens with one attached hydrogen (secondary N) is 2. The summed E-state index contributed by atoms with van der Waals surface area (Å²) in [4.78, 5) is 39.3. The number of amides is 3. The number of anilines is 2. The number of carbonyl (C=O) groups is 3. The molecule has 1 heterocycles. The van der Waals surface area contributed by atoms with Gasteiger partial charge in [-0.2, -0.15) is 0 Å². The Bertz CT molecular complexity index is 994. The zero-order valence-electron chi connectivity index (χ0n) is 17.5. The first kappa shape index (κ1) is 21.4. The molecule has 6 nitrogen and oxygen atoms in total. The molecule has 2 fully saturated rings. The summed E-state index contributed by atoms with van der Waals surface area (Å²) in [5.74, 6) is -0.0739. The van der Waals surface area contributed by atoms with E-state index in [1.54, 1.807) is 29.2 Å². The van der Waals surface area contributed by atoms with Crippen molar-refractivity contribution in [2.24, 2.45) is 11.8 Å². The Morgan fingerprint density at radius 3 is 2.13 bits per heavy atom. The molecular formula is C24H26ClN3O3. The number of benzene rings is 2. The molecule has 2 aromatic rings. The van der Waals surface area contributed by atoms with Gasteiger partial charge in [-0.3, -0.25) is 14.4 Å². The van der Waals surface area contributed by atoms with Gasteiger partial charge in [-0.05, 0) is 74.6 Å². The van der Waals surface area contributed by atoms with E-state index in [-0.39, 0.29) is 29.6 Å². The van der Waals surface area contributed by atoms with Crippen LogP contribution in [0, 0.1) is 18.8 Å². The van der Waals surface area contributed by atoms with Crippen LogP contribution in [0.25, 0.3) is 0 Å². The van der Waals surface area contributed by atoms with E-state index in [0.717, 1.165) is 18.4 Å². The standard InChI is InChI=1S/C24H26ClN3O3/c1-15-2-9-20(26-22(29)16-3-4-16)14-21(15)27-23(30)17-10-12-28(13-11-17)24(31)18-5-7-19(25)8-6-18/h2,5-9,14,16-17H,3-4,10-13H2,1H3,(H,26,29)(H,27,30). The molecule has 2 aliphatic rings. The molecule has 0 spiro atoms. The molecule has 1 saturated carbocycles. The van der Waals surface area contributed by atoms with Crippen molar-refractivity contribution in [2.45, 2.75) is 32.6 Å². The van der Waals surface area contributed by atoms with Gasteiger partial charge in [0.05, 0.1) is 0 Å². The Kier molecular flexibility index (Phi) is 6.28. The molecule has 0 aromatic heterocycles. The molecule has 0 bridgehead atoms. The van der Waals surface area contributed by atoms with Gasteiger partial charge < -0.3 is 15.5 Å². The van der Waals surface area contributed by atoms with Crippen molar-refractivity contribution in [3.8, 4) is 0 Å². The fourth-order valence-corrected chi connectivity index (χ4v) is 3.90. The first-order chi connectivity index (χ1) is 14.9. The van der Waals surface area contributed by atoms with E-state index in [1.165, 1.54) is 0 Å². The SMILES string of the molecule is Cc1ccc(NC(=O)C2CC2)cc1NC(=O)C1CCN(C(=O)c2ccc(Cl)cc2)CC1. The topological polar surface area (TPSA) is 78.5 Å². The predicted octanol–water partition coefficient (Wildman–Crippen LogP) is 4.49. The summed E-state index contributed by atoms with van der Waals surface area (Å²) in [6.07, 6.45) is 3.12. The van der Waals surface area contributed by atoms with E-state index in [4.69, 9.17) is 11.6 Å². The van der Waals surface area contributed by atoms with Gasteiger partial charge in [0.15, 0.2) is 0 Å². The molecular weight excluding hydrogens is 414 g/mol. The number of halogens is 1. The van der Waals surface area contributed by atoms with E-state index < -0.39 is 0 Å². The highest BCUT2D eigenvalue weighted by Gasteiger charge is 2.30. The third-order valence-electron chi connectivity index (χ3n) is 5.96. The van der Waals surface area contributed by atoms with Crippen LogP contribution in [0.3, 0.4) is 0 Å². The van der Waals surface area contributed by atoms with Crippen LogP contribution in [0.4, 0.5) is 11.4 Å². The van der Waals surface area contributed by atoms with Crippen molar-refractivity contribution >= 4 is 40.7 Å². The van der Waals surface area contributed by atoms with Gasteiger partial charge in [-0.1, -0.05) is 17.7 Å². The monoisotopic (exact) mass is 439 g/mol. The summed E-state index contributed by atoms with van der Waals surface area (Å²) in [5.41, 5.74) is 2.94. The Balaban J connectivity index is 1.33. The fourth-order valence-electron chi connectivity index (χ4n) is 3.78. The van der Waals surface area contributed by atoms with E-state index >= 15 is 0 Å². The van der Waals surface area contributed by atoms with E-state index in [2.05, 4.69) is 10.6 Å². The van der Waals surface area contributed by atoms with Gasteiger partial charge >= 0.3 is 0 Å². The highest BCUT2D eigenvalue weighted by Crippen LogP contribution is 2.31. The van der Waals surface area contributed by atoms with Crippen molar-refractivity contribution in [2.75, 3.05) is 23.7 Å². The third kappa shape index (κ3) is 5.25. The number of aryl methyl sites for hydroxylation is 1. The van der Waals surface area contributed by atoms with Gasteiger partial charge in [0.2, 0.25) is 11.8 Å². The molecule has 1 saturated heterocycles. The van der Waals surface area contributed by atoms with Crippen LogP contribution in [0.2, 0.25) is 5.02 Å². The van der Waals surface area contributed by atoms with Crippen LogP contribution in [0.1, 0.15) is 41.6 Å². The van der Waals surface area contributed by atoms with E-state index in [0.29, 0.717) is 47.9 Å². The first-order valence-electron chi connectivity index (χ1n) is 10.7. The second-order valence-electron chi connectivity index (χ2n) is 8.36. The minimum absolute atomic E-state index is 0.0366. The van der Waals surface area contributed by atoms with Crippen LogP contribution >= 0.6 is 11.6 Å². The number of likely N-dealkylation sites (tertiary alicyclic amines) is 1. The van der Waals surface area contributed by atoms with Crippen LogP contribution in [-0.4, -0.2) is 35.7 Å². The first-order valence-corrected chi connectivity index (χ1v) is 11.1. The third-order valence-corrected chi connectivity index (χ3v) is 6.21. The minimum atomic E-state index is -0.154. The zero-order chi connectivity index (χ0) is 22.0. The summed E-state index contributed by atoms with van der Waals surface area (Å²) in [7, 11) is 0. The Morgan fingerprint density at radius 1 is 0.871 bits per heavy atom. The van der Waals surface area contributed by atoms with Crippen LogP contribution < -0.4 is 10.6 Å². The maximum Gasteiger partial charge on any atom is 0.253 e. The lowest BCUT2D eigenvalue weighted by Crippen LogP contribution is -2.41. The van der Waals surface area contributed by atoms with Crippen molar-refractivity contribution < 1.29 is 14.4 Å². The number of carbonyl (C=O) groups excluding carboxylic acids is 3. The molecule has 4 rings (SSSR count). The molecule has 2 aromatic carbocycles. The normalized spacial score (nSPS) is 16.6. The average Bonchev–Trinajstić information content (AvgIpc) is 3.62. The molecule has 0 unspecified atom stereocenters. The van der Waals surface area contributed by atoms with Crippen molar-refractivity contribution in [3.05, 3.63) is 58.6 Å². The summed E-state index contributed by atoms with van der Waals surface area (Å²) in [6.45, 7) is 3.00. The van der Waals surface area contributed by atoms with E-state index in [1.807, 2.05) is 25.1 Å². The number of piperidine rings is 1. The summed E-state index contributed by atoms with van der Waals surface area (Å²) in [5, 5.41) is 6.53. The highest BCUT2D eigenvalue weighted by molar-refractivity contribution is 6.30. The lowest BCUT2D eigenvalue weighted by molar-refractivity contribution is -0.121. The lowest BCUT2D eigenvalue weighted by atomic mass is 9.95. The number of nitrogens with zero attached hydrogens (tertiary/aromatic N) is 1. The number of hydrogen-bond donors (Lipinski definition) is 2. The van der Waals surface area contributed by atoms with Gasteiger partial charge in [-0.25, -0.2) is 0 Å². The molecule has 31 heavy (non-hydrogen) atoms. The van der Waals surface area contributed by atoms with E-state index in [9.17, 15) is 14.4 Å². The van der Waals surface area contributed by atoms with Gasteiger partial charge in [-0.15, -0.1) is 0 Å². The summed E-state index contributed by atoms with van der Waals surface area (Å²) in [6, 6.07) is 12.4. The second-order valence-corrected chi connectivity index (χ2v) is 8.79. The molecule has 162 valence electrons. The van der Waals surface area contributed by atoms with Gasteiger partial charge in [0.25, 0.3) is 5.91 Å². The molecule has 1 aliphatic heterocycles. The average molecular weight is 440 g/mol. The second kappa shape index (κ2) is 9.10. The quantitative estimate of drug-likeness (QED) is 0.720. The van der Waals surface area contributed by atoms with Crippen LogP contribution in [0.15, 0.2) is 42.5 Å².